The molecule has 1 saturated heterocycles. The summed E-state index contributed by atoms with van der Waals surface area (Å²) in [5.74, 6) is -0.247. The van der Waals surface area contributed by atoms with Crippen LogP contribution < -0.4 is 10.6 Å². The summed E-state index contributed by atoms with van der Waals surface area (Å²) in [6.07, 6.45) is 4.75. The molecule has 5 heteroatoms. The molecular weight excluding hydrogens is 400 g/mol. The zero-order valence-corrected chi connectivity index (χ0v) is 20.7. The Labute approximate surface area is 194 Å². The third kappa shape index (κ3) is 7.47. The lowest BCUT2D eigenvalue weighted by Crippen LogP contribution is -2.52. The molecule has 0 aliphatic carbocycles. The molecule has 1 aromatic carbocycles. The Morgan fingerprint density at radius 3 is 2.38 bits per heavy atom. The van der Waals surface area contributed by atoms with Crippen molar-refractivity contribution in [3.8, 4) is 0 Å². The van der Waals surface area contributed by atoms with E-state index < -0.39 is 17.7 Å². The number of amides is 1. The van der Waals surface area contributed by atoms with Crippen LogP contribution in [-0.4, -0.2) is 29.6 Å². The molecule has 2 rings (SSSR count). The summed E-state index contributed by atoms with van der Waals surface area (Å²) in [6, 6.07) is 8.98. The average molecular weight is 443 g/mol. The topological polar surface area (TPSA) is 67.4 Å². The van der Waals surface area contributed by atoms with Gasteiger partial charge in [-0.15, -0.1) is 0 Å². The zero-order chi connectivity index (χ0) is 23.9. The summed E-state index contributed by atoms with van der Waals surface area (Å²) in [7, 11) is 0. The molecule has 0 radical (unpaired) electrons. The van der Waals surface area contributed by atoms with E-state index in [1.807, 2.05) is 52.8 Å². The van der Waals surface area contributed by atoms with Gasteiger partial charge < -0.3 is 10.1 Å². The molecule has 1 fully saturated rings. The van der Waals surface area contributed by atoms with E-state index in [2.05, 4.69) is 36.3 Å². The van der Waals surface area contributed by atoms with E-state index in [1.54, 1.807) is 0 Å². The Morgan fingerprint density at radius 1 is 1.16 bits per heavy atom. The van der Waals surface area contributed by atoms with Crippen LogP contribution in [0.2, 0.25) is 0 Å². The van der Waals surface area contributed by atoms with Gasteiger partial charge in [0.15, 0.2) is 0 Å². The first kappa shape index (κ1) is 26.1. The van der Waals surface area contributed by atoms with Crippen molar-refractivity contribution in [2.24, 2.45) is 11.8 Å². The van der Waals surface area contributed by atoms with E-state index in [0.717, 1.165) is 36.8 Å². The molecule has 32 heavy (non-hydrogen) atoms. The number of esters is 1. The molecule has 0 bridgehead atoms. The lowest BCUT2D eigenvalue weighted by molar-refractivity contribution is -0.159. The van der Waals surface area contributed by atoms with Crippen LogP contribution in [0.1, 0.15) is 85.3 Å². The molecule has 0 saturated carbocycles. The highest BCUT2D eigenvalue weighted by Gasteiger charge is 2.42. The van der Waals surface area contributed by atoms with Crippen molar-refractivity contribution in [3.63, 3.8) is 0 Å². The van der Waals surface area contributed by atoms with Crippen LogP contribution in [0.25, 0.3) is 0 Å². The molecule has 1 aliphatic rings. The predicted molar refractivity (Wildman–Crippen MR) is 130 cm³/mol. The predicted octanol–water partition coefficient (Wildman–Crippen LogP) is 5.32. The Hall–Kier alpha value is -2.14. The second-order valence-electron chi connectivity index (χ2n) is 10.4. The summed E-state index contributed by atoms with van der Waals surface area (Å²) in [6.45, 7) is 16.2. The summed E-state index contributed by atoms with van der Waals surface area (Å²) in [4.78, 5) is 26.3. The van der Waals surface area contributed by atoms with Gasteiger partial charge in [-0.25, -0.2) is 4.79 Å². The molecule has 4 atom stereocenters. The van der Waals surface area contributed by atoms with Crippen molar-refractivity contribution >= 4 is 11.9 Å². The SMILES string of the molecule is C=C1[C@H](c2ccccc2)N[C@H](C(=O)N[C@@H](CC(C)C)C(=O)OC(C)(C)C)[C@@H]1CCCCC. The molecule has 1 aromatic rings. The molecule has 1 aliphatic heterocycles. The number of ether oxygens (including phenoxy) is 1. The fourth-order valence-electron chi connectivity index (χ4n) is 4.33. The minimum absolute atomic E-state index is 0.0325. The first-order chi connectivity index (χ1) is 15.0. The fraction of sp³-hybridized carbons (Fsp3) is 0.630. The van der Waals surface area contributed by atoms with Crippen LogP contribution in [0.3, 0.4) is 0 Å². The van der Waals surface area contributed by atoms with Crippen molar-refractivity contribution in [1.29, 1.82) is 0 Å². The molecular formula is C27H42N2O3. The van der Waals surface area contributed by atoms with Crippen LogP contribution in [0.5, 0.6) is 0 Å². The maximum Gasteiger partial charge on any atom is 0.329 e. The minimum atomic E-state index is -0.663. The van der Waals surface area contributed by atoms with Gasteiger partial charge in [-0.3, -0.25) is 10.1 Å². The summed E-state index contributed by atoms with van der Waals surface area (Å²) in [5, 5.41) is 6.52. The number of hydrogen-bond acceptors (Lipinski definition) is 4. The van der Waals surface area contributed by atoms with E-state index in [0.29, 0.717) is 6.42 Å². The van der Waals surface area contributed by atoms with Crippen molar-refractivity contribution < 1.29 is 14.3 Å². The number of nitrogens with one attached hydrogen (secondary N) is 2. The largest absolute Gasteiger partial charge is 0.458 e. The first-order valence-corrected chi connectivity index (χ1v) is 12.1. The maximum atomic E-state index is 13.5. The highest BCUT2D eigenvalue weighted by atomic mass is 16.6. The second-order valence-corrected chi connectivity index (χ2v) is 10.4. The molecule has 1 heterocycles. The van der Waals surface area contributed by atoms with E-state index in [4.69, 9.17) is 4.74 Å². The Bertz CT molecular complexity index is 767. The molecule has 1 amide bonds. The zero-order valence-electron chi connectivity index (χ0n) is 20.7. The van der Waals surface area contributed by atoms with Gasteiger partial charge in [-0.05, 0) is 45.1 Å². The van der Waals surface area contributed by atoms with Crippen molar-refractivity contribution in [1.82, 2.24) is 10.6 Å². The monoisotopic (exact) mass is 442 g/mol. The van der Waals surface area contributed by atoms with Crippen LogP contribution in [-0.2, 0) is 14.3 Å². The minimum Gasteiger partial charge on any atom is -0.458 e. The molecule has 0 spiro atoms. The van der Waals surface area contributed by atoms with Gasteiger partial charge in [0.05, 0.1) is 12.1 Å². The van der Waals surface area contributed by atoms with Crippen LogP contribution in [0.4, 0.5) is 0 Å². The van der Waals surface area contributed by atoms with E-state index in [-0.39, 0.29) is 29.8 Å². The van der Waals surface area contributed by atoms with E-state index >= 15 is 0 Å². The molecule has 0 aromatic heterocycles. The molecule has 5 nitrogen and oxygen atoms in total. The highest BCUT2D eigenvalue weighted by molar-refractivity contribution is 5.88. The third-order valence-corrected chi connectivity index (χ3v) is 5.84. The number of carbonyl (C=O) groups excluding carboxylic acids is 2. The van der Waals surface area contributed by atoms with Crippen molar-refractivity contribution in [3.05, 3.63) is 48.0 Å². The summed E-state index contributed by atoms with van der Waals surface area (Å²) >= 11 is 0. The Morgan fingerprint density at radius 2 is 1.81 bits per heavy atom. The number of rotatable bonds is 10. The van der Waals surface area contributed by atoms with Crippen molar-refractivity contribution in [2.45, 2.75) is 97.4 Å². The fourth-order valence-corrected chi connectivity index (χ4v) is 4.33. The van der Waals surface area contributed by atoms with Gasteiger partial charge in [0.2, 0.25) is 5.91 Å². The van der Waals surface area contributed by atoms with Crippen LogP contribution >= 0.6 is 0 Å². The smallest absolute Gasteiger partial charge is 0.329 e. The van der Waals surface area contributed by atoms with Gasteiger partial charge in [-0.2, -0.15) is 0 Å². The van der Waals surface area contributed by atoms with Gasteiger partial charge in [0.1, 0.15) is 11.6 Å². The molecule has 0 unspecified atom stereocenters. The average Bonchev–Trinajstić information content (AvgIpc) is 3.03. The normalized spacial score (nSPS) is 22.1. The Balaban J connectivity index is 2.21. The third-order valence-electron chi connectivity index (χ3n) is 5.84. The number of carbonyl (C=O) groups is 2. The Kier molecular flexibility index (Phi) is 9.50. The number of unbranched alkanes of at least 4 members (excludes halogenated alkanes) is 2. The molecule has 2 N–H and O–H groups in total. The van der Waals surface area contributed by atoms with Gasteiger partial charge in [-0.1, -0.05) is 82.5 Å². The maximum absolute atomic E-state index is 13.5. The van der Waals surface area contributed by atoms with E-state index in [9.17, 15) is 9.59 Å². The van der Waals surface area contributed by atoms with E-state index in [1.165, 1.54) is 0 Å². The summed E-state index contributed by atoms with van der Waals surface area (Å²) < 4.78 is 5.59. The standard InChI is InChI=1S/C27H42N2O3/c1-8-9-11-16-21-19(4)23(20-14-12-10-13-15-20)29-24(21)25(30)28-22(17-18(2)3)26(31)32-27(5,6)7/h10,12-15,18,21-24,29H,4,8-9,11,16-17H2,1-3,5-7H3,(H,28,30)/t21-,22+,23-,24+/m1/s1. The quantitative estimate of drug-likeness (QED) is 0.292. The lowest BCUT2D eigenvalue weighted by Gasteiger charge is -2.27. The number of benzene rings is 1. The van der Waals surface area contributed by atoms with Crippen LogP contribution in [0, 0.1) is 11.8 Å². The highest BCUT2D eigenvalue weighted by Crippen LogP contribution is 2.38. The van der Waals surface area contributed by atoms with Gasteiger partial charge in [0, 0.05) is 5.92 Å². The van der Waals surface area contributed by atoms with Crippen LogP contribution in [0.15, 0.2) is 42.5 Å². The lowest BCUT2D eigenvalue weighted by atomic mass is 9.87. The first-order valence-electron chi connectivity index (χ1n) is 12.1. The van der Waals surface area contributed by atoms with Crippen molar-refractivity contribution in [2.75, 3.05) is 0 Å². The molecule has 178 valence electrons. The summed E-state index contributed by atoms with van der Waals surface area (Å²) in [5.41, 5.74) is 1.56. The number of hydrogen-bond donors (Lipinski definition) is 2. The van der Waals surface area contributed by atoms with Gasteiger partial charge >= 0.3 is 5.97 Å². The second kappa shape index (κ2) is 11.6. The van der Waals surface area contributed by atoms with Gasteiger partial charge in [0.25, 0.3) is 0 Å².